The summed E-state index contributed by atoms with van der Waals surface area (Å²) >= 11 is 5.68. The second-order valence-corrected chi connectivity index (χ2v) is 9.22. The molecule has 1 N–H and O–H groups in total. The number of halogens is 7. The SMILES string of the molecule is COC(=O)c1ccc([C@H](C)NC(=O)c2c(C(F)(F)F)nn3c2N(Cc2ccc(Cl)c(C(F)(F)F)c2)CC3)cc1. The molecule has 39 heavy (non-hydrogen) atoms. The van der Waals surface area contributed by atoms with Gasteiger partial charge in [-0.15, -0.1) is 0 Å². The molecule has 0 bridgehead atoms. The lowest BCUT2D eigenvalue weighted by atomic mass is 10.1. The number of amides is 1. The summed E-state index contributed by atoms with van der Waals surface area (Å²) in [5, 5.41) is 5.62. The van der Waals surface area contributed by atoms with Crippen LogP contribution in [-0.2, 0) is 30.2 Å². The molecule has 1 aromatic heterocycles. The number of carbonyl (C=O) groups is 2. The zero-order valence-corrected chi connectivity index (χ0v) is 21.2. The highest BCUT2D eigenvalue weighted by atomic mass is 35.5. The highest BCUT2D eigenvalue weighted by molar-refractivity contribution is 6.31. The average molecular weight is 575 g/mol. The van der Waals surface area contributed by atoms with Crippen molar-refractivity contribution in [2.45, 2.75) is 38.4 Å². The van der Waals surface area contributed by atoms with E-state index in [4.69, 9.17) is 11.6 Å². The van der Waals surface area contributed by atoms with Crippen LogP contribution in [0.4, 0.5) is 32.2 Å². The number of nitrogens with zero attached hydrogens (tertiary/aromatic N) is 3. The molecule has 0 saturated carbocycles. The Morgan fingerprint density at radius 2 is 1.72 bits per heavy atom. The molecule has 2 heterocycles. The molecule has 0 unspecified atom stereocenters. The fourth-order valence-electron chi connectivity index (χ4n) is 4.30. The van der Waals surface area contributed by atoms with Gasteiger partial charge in [-0.05, 0) is 42.3 Å². The second-order valence-electron chi connectivity index (χ2n) is 8.81. The number of ether oxygens (including phenoxy) is 1. The maximum absolute atomic E-state index is 13.9. The minimum absolute atomic E-state index is 0.00401. The molecule has 2 aromatic carbocycles. The summed E-state index contributed by atoms with van der Waals surface area (Å²) in [4.78, 5) is 26.2. The Morgan fingerprint density at radius 3 is 2.31 bits per heavy atom. The van der Waals surface area contributed by atoms with Gasteiger partial charge < -0.3 is 15.0 Å². The van der Waals surface area contributed by atoms with E-state index in [0.717, 1.165) is 16.8 Å². The second kappa shape index (κ2) is 10.4. The van der Waals surface area contributed by atoms with E-state index in [-0.39, 0.29) is 36.6 Å². The first-order chi connectivity index (χ1) is 18.2. The largest absolute Gasteiger partial charge is 0.465 e. The van der Waals surface area contributed by atoms with E-state index in [1.165, 1.54) is 42.3 Å². The molecule has 0 spiro atoms. The standard InChI is InChI=1S/C25H21ClF6N4O3/c1-13(15-4-6-16(7-5-15)23(38)39-2)33-21(37)19-20(25(30,31)32)34-36-10-9-35(22(19)36)12-14-3-8-18(26)17(11-14)24(27,28)29/h3-8,11,13H,9-10,12H2,1-2H3,(H,33,37)/t13-/m0/s1. The number of anilines is 1. The van der Waals surface area contributed by atoms with Crippen molar-refractivity contribution >= 4 is 29.3 Å². The van der Waals surface area contributed by atoms with Crippen LogP contribution in [0.2, 0.25) is 5.02 Å². The maximum atomic E-state index is 13.9. The van der Waals surface area contributed by atoms with Crippen molar-refractivity contribution in [3.63, 3.8) is 0 Å². The van der Waals surface area contributed by atoms with Gasteiger partial charge in [0.15, 0.2) is 5.69 Å². The van der Waals surface area contributed by atoms with Gasteiger partial charge in [0.1, 0.15) is 11.4 Å². The summed E-state index contributed by atoms with van der Waals surface area (Å²) in [6.45, 7) is 1.45. The fraction of sp³-hybridized carbons (Fsp3) is 0.320. The fourth-order valence-corrected chi connectivity index (χ4v) is 4.52. The van der Waals surface area contributed by atoms with Gasteiger partial charge in [-0.1, -0.05) is 29.8 Å². The topological polar surface area (TPSA) is 76.5 Å². The van der Waals surface area contributed by atoms with Crippen LogP contribution in [0.25, 0.3) is 0 Å². The Hall–Kier alpha value is -3.74. The van der Waals surface area contributed by atoms with Gasteiger partial charge in [0.2, 0.25) is 0 Å². The number of alkyl halides is 6. The number of aromatic nitrogens is 2. The summed E-state index contributed by atoms with van der Waals surface area (Å²) in [5.41, 5.74) is -2.31. The number of nitrogens with one attached hydrogen (secondary N) is 1. The minimum Gasteiger partial charge on any atom is -0.465 e. The number of esters is 1. The molecule has 1 amide bonds. The molecule has 7 nitrogen and oxygen atoms in total. The normalized spacial score (nSPS) is 14.2. The van der Waals surface area contributed by atoms with Crippen LogP contribution >= 0.6 is 11.6 Å². The number of benzene rings is 2. The van der Waals surface area contributed by atoms with Crippen LogP contribution in [0, 0.1) is 0 Å². The van der Waals surface area contributed by atoms with E-state index >= 15 is 0 Å². The van der Waals surface area contributed by atoms with E-state index in [1.54, 1.807) is 6.92 Å². The van der Waals surface area contributed by atoms with Crippen LogP contribution in [0.3, 0.4) is 0 Å². The summed E-state index contributed by atoms with van der Waals surface area (Å²) in [5.74, 6) is -1.80. The number of hydrogen-bond acceptors (Lipinski definition) is 5. The molecule has 0 aliphatic carbocycles. The highest BCUT2D eigenvalue weighted by Crippen LogP contribution is 2.40. The van der Waals surface area contributed by atoms with Crippen LogP contribution in [-0.4, -0.2) is 35.3 Å². The Labute approximate surface area is 223 Å². The van der Waals surface area contributed by atoms with Gasteiger partial charge >= 0.3 is 18.3 Å². The molecule has 4 rings (SSSR count). The quantitative estimate of drug-likeness (QED) is 0.294. The molecule has 1 aliphatic heterocycles. The lowest BCUT2D eigenvalue weighted by molar-refractivity contribution is -0.142. The van der Waals surface area contributed by atoms with Crippen LogP contribution < -0.4 is 10.2 Å². The Kier molecular flexibility index (Phi) is 7.57. The van der Waals surface area contributed by atoms with Gasteiger partial charge in [0.25, 0.3) is 5.91 Å². The lowest BCUT2D eigenvalue weighted by Crippen LogP contribution is -2.31. The average Bonchev–Trinajstić information content (AvgIpc) is 3.44. The zero-order chi connectivity index (χ0) is 28.7. The summed E-state index contributed by atoms with van der Waals surface area (Å²) < 4.78 is 87.3. The Balaban J connectivity index is 1.65. The lowest BCUT2D eigenvalue weighted by Gasteiger charge is -2.21. The van der Waals surface area contributed by atoms with Gasteiger partial charge in [0.05, 0.1) is 35.8 Å². The minimum atomic E-state index is -4.97. The zero-order valence-electron chi connectivity index (χ0n) is 20.5. The first kappa shape index (κ1) is 28.3. The Morgan fingerprint density at radius 1 is 1.05 bits per heavy atom. The van der Waals surface area contributed by atoms with E-state index in [2.05, 4.69) is 15.2 Å². The van der Waals surface area contributed by atoms with Gasteiger partial charge in [-0.25, -0.2) is 9.48 Å². The van der Waals surface area contributed by atoms with Gasteiger partial charge in [0, 0.05) is 13.1 Å². The van der Waals surface area contributed by atoms with Crippen LogP contribution in [0.1, 0.15) is 56.1 Å². The van der Waals surface area contributed by atoms with Crippen LogP contribution in [0.5, 0.6) is 0 Å². The molecule has 1 aliphatic rings. The third-order valence-electron chi connectivity index (χ3n) is 6.19. The molecule has 0 fully saturated rings. The predicted molar refractivity (Wildman–Crippen MR) is 128 cm³/mol. The van der Waals surface area contributed by atoms with Crippen molar-refractivity contribution in [2.24, 2.45) is 0 Å². The number of methoxy groups -OCH3 is 1. The molecule has 3 aromatic rings. The Bertz CT molecular complexity index is 1400. The summed E-state index contributed by atoms with van der Waals surface area (Å²) in [7, 11) is 1.22. The van der Waals surface area contributed by atoms with Crippen molar-refractivity contribution in [1.29, 1.82) is 0 Å². The van der Waals surface area contributed by atoms with E-state index in [1.807, 2.05) is 0 Å². The van der Waals surface area contributed by atoms with Crippen molar-refractivity contribution < 1.29 is 40.7 Å². The third kappa shape index (κ3) is 5.82. The molecule has 14 heteroatoms. The molecule has 208 valence electrons. The van der Waals surface area contributed by atoms with E-state index in [0.29, 0.717) is 5.56 Å². The van der Waals surface area contributed by atoms with E-state index < -0.39 is 52.1 Å². The molecule has 1 atom stereocenters. The monoisotopic (exact) mass is 574 g/mol. The van der Waals surface area contributed by atoms with E-state index in [9.17, 15) is 35.9 Å². The first-order valence-electron chi connectivity index (χ1n) is 11.5. The summed E-state index contributed by atoms with van der Waals surface area (Å²) in [6, 6.07) is 8.41. The number of carbonyl (C=O) groups excluding carboxylic acids is 2. The third-order valence-corrected chi connectivity index (χ3v) is 6.52. The molecule has 0 saturated heterocycles. The van der Waals surface area contributed by atoms with Crippen molar-refractivity contribution in [1.82, 2.24) is 15.1 Å². The number of rotatable bonds is 6. The van der Waals surface area contributed by atoms with Gasteiger partial charge in [-0.2, -0.15) is 31.4 Å². The highest BCUT2D eigenvalue weighted by Gasteiger charge is 2.44. The molecule has 0 radical (unpaired) electrons. The van der Waals surface area contributed by atoms with Crippen molar-refractivity contribution in [2.75, 3.05) is 18.6 Å². The maximum Gasteiger partial charge on any atom is 0.436 e. The van der Waals surface area contributed by atoms with Crippen LogP contribution in [0.15, 0.2) is 42.5 Å². The molecular weight excluding hydrogens is 554 g/mol. The van der Waals surface area contributed by atoms with Crippen molar-refractivity contribution in [3.05, 3.63) is 81.0 Å². The molecular formula is C25H21ClF6N4O3. The predicted octanol–water partition coefficient (Wildman–Crippen LogP) is 5.87. The first-order valence-corrected chi connectivity index (χ1v) is 11.9. The number of fused-ring (bicyclic) bond motifs is 1. The number of hydrogen-bond donors (Lipinski definition) is 1. The van der Waals surface area contributed by atoms with Crippen molar-refractivity contribution in [3.8, 4) is 0 Å². The van der Waals surface area contributed by atoms with Gasteiger partial charge in [-0.3, -0.25) is 4.79 Å². The summed E-state index contributed by atoms with van der Waals surface area (Å²) in [6.07, 6.45) is -9.69. The smallest absolute Gasteiger partial charge is 0.436 e.